The van der Waals surface area contributed by atoms with Gasteiger partial charge in [-0.05, 0) is 45.0 Å². The summed E-state index contributed by atoms with van der Waals surface area (Å²) in [6.45, 7) is 5.14. The number of primary amides is 1. The third-order valence-electron chi connectivity index (χ3n) is 2.24. The molecule has 0 atom stereocenters. The summed E-state index contributed by atoms with van der Waals surface area (Å²) in [4.78, 5) is 33.9. The molecule has 0 radical (unpaired) electrons. The fraction of sp³-hybridized carbons (Fsp3) is 0.357. The highest BCUT2D eigenvalue weighted by Gasteiger charge is 2.15. The number of nitrogens with two attached hydrogens (primary N) is 1. The summed E-state index contributed by atoms with van der Waals surface area (Å²) in [5, 5.41) is 5.05. The van der Waals surface area contributed by atoms with Crippen LogP contribution < -0.4 is 16.4 Å². The molecule has 1 aromatic rings. The lowest BCUT2D eigenvalue weighted by Crippen LogP contribution is -2.42. The third-order valence-corrected chi connectivity index (χ3v) is 2.24. The molecule has 0 fully saturated rings. The van der Waals surface area contributed by atoms with E-state index in [0.717, 1.165) is 0 Å². The van der Waals surface area contributed by atoms with Crippen LogP contribution in [-0.2, 0) is 9.53 Å². The number of urea groups is 1. The Morgan fingerprint density at radius 2 is 1.71 bits per heavy atom. The number of hydrogen-bond donors (Lipinski definition) is 3. The van der Waals surface area contributed by atoms with Crippen LogP contribution in [0.25, 0.3) is 0 Å². The van der Waals surface area contributed by atoms with Gasteiger partial charge in [0.25, 0.3) is 5.91 Å². The first-order valence-electron chi connectivity index (χ1n) is 6.32. The number of rotatable bonds is 4. The van der Waals surface area contributed by atoms with Gasteiger partial charge < -0.3 is 21.1 Å². The van der Waals surface area contributed by atoms with Crippen LogP contribution in [0.3, 0.4) is 0 Å². The standard InChI is InChI=1S/C14H19N3O4/c1-14(2,3)17-11(18)8-21-12(19)9-4-6-10(7-5-9)16-13(15)20/h4-7H,8H2,1-3H3,(H,17,18)(H3,15,16,20). The second kappa shape index (κ2) is 6.74. The molecule has 1 rings (SSSR count). The van der Waals surface area contributed by atoms with Gasteiger partial charge in [0, 0.05) is 11.2 Å². The lowest BCUT2D eigenvalue weighted by molar-refractivity contribution is -0.125. The number of ether oxygens (including phenoxy) is 1. The van der Waals surface area contributed by atoms with Crippen molar-refractivity contribution in [3.63, 3.8) is 0 Å². The third kappa shape index (κ3) is 6.42. The molecule has 0 heterocycles. The van der Waals surface area contributed by atoms with Crippen molar-refractivity contribution in [1.29, 1.82) is 0 Å². The molecule has 0 aromatic heterocycles. The molecule has 0 unspecified atom stereocenters. The number of nitrogens with one attached hydrogen (secondary N) is 2. The zero-order valence-electron chi connectivity index (χ0n) is 12.2. The maximum Gasteiger partial charge on any atom is 0.338 e. The van der Waals surface area contributed by atoms with Gasteiger partial charge >= 0.3 is 12.0 Å². The Morgan fingerprint density at radius 3 is 2.19 bits per heavy atom. The fourth-order valence-electron chi connectivity index (χ4n) is 1.50. The minimum atomic E-state index is -0.691. The first-order valence-corrected chi connectivity index (χ1v) is 6.32. The average molecular weight is 293 g/mol. The van der Waals surface area contributed by atoms with Crippen molar-refractivity contribution in [2.24, 2.45) is 5.73 Å². The molecule has 0 bridgehead atoms. The summed E-state index contributed by atoms with van der Waals surface area (Å²) in [6, 6.07) is 5.27. The van der Waals surface area contributed by atoms with E-state index in [1.807, 2.05) is 20.8 Å². The Kier molecular flexibility index (Phi) is 5.29. The molecule has 0 aliphatic heterocycles. The van der Waals surface area contributed by atoms with Gasteiger partial charge in [0.2, 0.25) is 0 Å². The van der Waals surface area contributed by atoms with Crippen LogP contribution >= 0.6 is 0 Å². The minimum absolute atomic E-state index is 0.272. The molecule has 1 aromatic carbocycles. The summed E-state index contributed by atoms with van der Waals surface area (Å²) < 4.78 is 4.89. The molecule has 0 saturated heterocycles. The van der Waals surface area contributed by atoms with E-state index in [9.17, 15) is 14.4 Å². The molecule has 4 N–H and O–H groups in total. The summed E-state index contributed by atoms with van der Waals surface area (Å²) in [7, 11) is 0. The number of benzene rings is 1. The Morgan fingerprint density at radius 1 is 1.14 bits per heavy atom. The number of esters is 1. The molecule has 7 heteroatoms. The van der Waals surface area contributed by atoms with Crippen LogP contribution in [-0.4, -0.2) is 30.1 Å². The highest BCUT2D eigenvalue weighted by molar-refractivity contribution is 5.93. The smallest absolute Gasteiger partial charge is 0.338 e. The molecule has 0 aliphatic rings. The van der Waals surface area contributed by atoms with Gasteiger partial charge in [-0.3, -0.25) is 4.79 Å². The van der Waals surface area contributed by atoms with E-state index in [0.29, 0.717) is 5.69 Å². The van der Waals surface area contributed by atoms with Crippen molar-refractivity contribution >= 4 is 23.6 Å². The number of carbonyl (C=O) groups excluding carboxylic acids is 3. The second-order valence-corrected chi connectivity index (χ2v) is 5.44. The molecule has 0 spiro atoms. The second-order valence-electron chi connectivity index (χ2n) is 5.44. The lowest BCUT2D eigenvalue weighted by Gasteiger charge is -2.20. The van der Waals surface area contributed by atoms with E-state index >= 15 is 0 Å². The summed E-state index contributed by atoms with van der Waals surface area (Å²) >= 11 is 0. The van der Waals surface area contributed by atoms with Gasteiger partial charge in [0.15, 0.2) is 6.61 Å². The van der Waals surface area contributed by atoms with Gasteiger partial charge in [-0.15, -0.1) is 0 Å². The van der Waals surface area contributed by atoms with Crippen LogP contribution in [0.4, 0.5) is 10.5 Å². The SMILES string of the molecule is CC(C)(C)NC(=O)COC(=O)c1ccc(NC(N)=O)cc1. The summed E-state index contributed by atoms with van der Waals surface area (Å²) in [5.41, 5.74) is 5.32. The van der Waals surface area contributed by atoms with Gasteiger partial charge in [-0.1, -0.05) is 0 Å². The van der Waals surface area contributed by atoms with E-state index < -0.39 is 12.0 Å². The number of carbonyl (C=O) groups is 3. The van der Waals surface area contributed by atoms with Crippen molar-refractivity contribution in [2.45, 2.75) is 26.3 Å². The van der Waals surface area contributed by atoms with Gasteiger partial charge in [0.1, 0.15) is 0 Å². The minimum Gasteiger partial charge on any atom is -0.452 e. The highest BCUT2D eigenvalue weighted by Crippen LogP contribution is 2.10. The van der Waals surface area contributed by atoms with Crippen LogP contribution in [0.2, 0.25) is 0 Å². The lowest BCUT2D eigenvalue weighted by atomic mass is 10.1. The summed E-state index contributed by atoms with van der Waals surface area (Å²) in [5.74, 6) is -0.993. The zero-order valence-corrected chi connectivity index (χ0v) is 12.2. The molecular weight excluding hydrogens is 274 g/mol. The maximum atomic E-state index is 11.7. The van der Waals surface area contributed by atoms with Crippen molar-refractivity contribution in [2.75, 3.05) is 11.9 Å². The summed E-state index contributed by atoms with van der Waals surface area (Å²) in [6.07, 6.45) is 0. The largest absolute Gasteiger partial charge is 0.452 e. The molecule has 7 nitrogen and oxygen atoms in total. The Balaban J connectivity index is 2.52. The number of anilines is 1. The van der Waals surface area contributed by atoms with E-state index in [1.165, 1.54) is 24.3 Å². The van der Waals surface area contributed by atoms with Gasteiger partial charge in [-0.2, -0.15) is 0 Å². The number of hydrogen-bond acceptors (Lipinski definition) is 4. The molecule has 21 heavy (non-hydrogen) atoms. The van der Waals surface area contributed by atoms with E-state index in [1.54, 1.807) is 0 Å². The highest BCUT2D eigenvalue weighted by atomic mass is 16.5. The predicted octanol–water partition coefficient (Wildman–Crippen LogP) is 1.25. The van der Waals surface area contributed by atoms with Crippen molar-refractivity contribution in [3.8, 4) is 0 Å². The molecule has 3 amide bonds. The first-order chi connectivity index (χ1) is 9.67. The maximum absolute atomic E-state index is 11.7. The van der Waals surface area contributed by atoms with Crippen molar-refractivity contribution < 1.29 is 19.1 Å². The first kappa shape index (κ1) is 16.5. The van der Waals surface area contributed by atoms with Crippen LogP contribution in [0.1, 0.15) is 31.1 Å². The molecular formula is C14H19N3O4. The monoisotopic (exact) mass is 293 g/mol. The fourth-order valence-corrected chi connectivity index (χ4v) is 1.50. The quantitative estimate of drug-likeness (QED) is 0.725. The van der Waals surface area contributed by atoms with E-state index in [4.69, 9.17) is 10.5 Å². The van der Waals surface area contributed by atoms with Crippen LogP contribution in [0.5, 0.6) is 0 Å². The van der Waals surface area contributed by atoms with Crippen molar-refractivity contribution in [3.05, 3.63) is 29.8 Å². The van der Waals surface area contributed by atoms with E-state index in [-0.39, 0.29) is 23.6 Å². The van der Waals surface area contributed by atoms with E-state index in [2.05, 4.69) is 10.6 Å². The Labute approximate surface area is 122 Å². The van der Waals surface area contributed by atoms with Crippen LogP contribution in [0, 0.1) is 0 Å². The van der Waals surface area contributed by atoms with Gasteiger partial charge in [0.05, 0.1) is 5.56 Å². The van der Waals surface area contributed by atoms with Crippen LogP contribution in [0.15, 0.2) is 24.3 Å². The normalized spacial score (nSPS) is 10.6. The van der Waals surface area contributed by atoms with Gasteiger partial charge in [-0.25, -0.2) is 9.59 Å². The zero-order chi connectivity index (χ0) is 16.0. The molecule has 0 aliphatic carbocycles. The predicted molar refractivity (Wildman–Crippen MR) is 77.8 cm³/mol. The molecule has 0 saturated carbocycles. The topological polar surface area (TPSA) is 111 Å². The van der Waals surface area contributed by atoms with Crippen molar-refractivity contribution in [1.82, 2.24) is 5.32 Å². The average Bonchev–Trinajstić information content (AvgIpc) is 2.34. The Hall–Kier alpha value is -2.57. The molecule has 114 valence electrons. The number of amides is 3. The Bertz CT molecular complexity index is 532.